The third-order valence-electron chi connectivity index (χ3n) is 3.60. The molecule has 1 heterocycles. The first kappa shape index (κ1) is 16.2. The lowest BCUT2D eigenvalue weighted by Gasteiger charge is -2.23. The van der Waals surface area contributed by atoms with Crippen molar-refractivity contribution in [3.05, 3.63) is 63.6 Å². The number of hydrogen-bond donors (Lipinski definition) is 1. The van der Waals surface area contributed by atoms with Gasteiger partial charge in [-0.3, -0.25) is 4.99 Å². The second-order valence-corrected chi connectivity index (χ2v) is 6.52. The molecule has 0 saturated carbocycles. The molecule has 118 valence electrons. The average molecular weight is 364 g/mol. The summed E-state index contributed by atoms with van der Waals surface area (Å²) < 4.78 is 0. The number of aliphatic imine (C=N–C) groups is 1. The van der Waals surface area contributed by atoms with Gasteiger partial charge in [0.05, 0.1) is 6.54 Å². The fourth-order valence-corrected chi connectivity index (χ4v) is 3.17. The van der Waals surface area contributed by atoms with E-state index >= 15 is 0 Å². The number of benzene rings is 2. The van der Waals surface area contributed by atoms with Crippen molar-refractivity contribution >= 4 is 52.1 Å². The van der Waals surface area contributed by atoms with Gasteiger partial charge >= 0.3 is 0 Å². The van der Waals surface area contributed by atoms with Crippen LogP contribution in [0.5, 0.6) is 0 Å². The van der Waals surface area contributed by atoms with Crippen molar-refractivity contribution in [2.45, 2.75) is 6.92 Å². The molecular formula is C17H15Cl2N3S. The Hall–Kier alpha value is -1.62. The van der Waals surface area contributed by atoms with Gasteiger partial charge in [0.1, 0.15) is 5.84 Å². The van der Waals surface area contributed by atoms with Gasteiger partial charge in [-0.05, 0) is 55.0 Å². The molecule has 0 bridgehead atoms. The molecule has 0 aromatic heterocycles. The van der Waals surface area contributed by atoms with Crippen molar-refractivity contribution in [2.75, 3.05) is 18.4 Å². The number of aryl methyl sites for hydroxylation is 1. The van der Waals surface area contributed by atoms with E-state index in [1.807, 2.05) is 54.3 Å². The third-order valence-corrected chi connectivity index (χ3v) is 4.39. The standard InChI is InChI=1S/C17H15Cl2N3S/c1-11-9-14(19)5-6-15(11)21-17(23)22-8-7-20-16(22)12-3-2-4-13(18)10-12/h2-6,9-10H,7-8H2,1H3,(H,21,23). The summed E-state index contributed by atoms with van der Waals surface area (Å²) in [6, 6.07) is 13.3. The zero-order valence-electron chi connectivity index (χ0n) is 12.5. The van der Waals surface area contributed by atoms with Crippen LogP contribution in [-0.2, 0) is 0 Å². The highest BCUT2D eigenvalue weighted by molar-refractivity contribution is 7.80. The van der Waals surface area contributed by atoms with Gasteiger partial charge in [-0.2, -0.15) is 0 Å². The maximum atomic E-state index is 6.08. The monoisotopic (exact) mass is 363 g/mol. The van der Waals surface area contributed by atoms with Gasteiger partial charge in [-0.15, -0.1) is 0 Å². The number of thiocarbonyl (C=S) groups is 1. The first-order valence-electron chi connectivity index (χ1n) is 7.19. The van der Waals surface area contributed by atoms with Gasteiger partial charge in [-0.1, -0.05) is 35.3 Å². The molecule has 23 heavy (non-hydrogen) atoms. The third kappa shape index (κ3) is 3.66. The average Bonchev–Trinajstić information content (AvgIpc) is 2.99. The van der Waals surface area contributed by atoms with Crippen LogP contribution in [0.3, 0.4) is 0 Å². The Kier molecular flexibility index (Phi) is 4.85. The van der Waals surface area contributed by atoms with Crippen LogP contribution in [0.4, 0.5) is 5.69 Å². The van der Waals surface area contributed by atoms with Crippen LogP contribution in [0.15, 0.2) is 47.5 Å². The van der Waals surface area contributed by atoms with Crippen LogP contribution in [-0.4, -0.2) is 28.9 Å². The molecule has 1 N–H and O–H groups in total. The van der Waals surface area contributed by atoms with Crippen LogP contribution in [0.1, 0.15) is 11.1 Å². The summed E-state index contributed by atoms with van der Waals surface area (Å²) >= 11 is 17.6. The molecule has 0 amide bonds. The fraction of sp³-hybridized carbons (Fsp3) is 0.176. The molecule has 3 rings (SSSR count). The van der Waals surface area contributed by atoms with E-state index in [0.29, 0.717) is 21.7 Å². The van der Waals surface area contributed by atoms with E-state index in [0.717, 1.165) is 29.2 Å². The van der Waals surface area contributed by atoms with Gasteiger partial charge in [0.25, 0.3) is 0 Å². The van der Waals surface area contributed by atoms with Gasteiger partial charge in [0.2, 0.25) is 0 Å². The Morgan fingerprint density at radius 3 is 2.70 bits per heavy atom. The molecule has 0 spiro atoms. The highest BCUT2D eigenvalue weighted by Gasteiger charge is 2.22. The predicted octanol–water partition coefficient (Wildman–Crippen LogP) is 4.76. The van der Waals surface area contributed by atoms with Crippen LogP contribution in [0.25, 0.3) is 0 Å². The lowest BCUT2D eigenvalue weighted by Crippen LogP contribution is -2.38. The molecule has 0 aliphatic carbocycles. The summed E-state index contributed by atoms with van der Waals surface area (Å²) in [6.45, 7) is 3.45. The minimum Gasteiger partial charge on any atom is -0.332 e. The van der Waals surface area contributed by atoms with Crippen molar-refractivity contribution in [3.63, 3.8) is 0 Å². The SMILES string of the molecule is Cc1cc(Cl)ccc1NC(=S)N1CCN=C1c1cccc(Cl)c1. The molecule has 2 aromatic rings. The zero-order valence-corrected chi connectivity index (χ0v) is 14.8. The van der Waals surface area contributed by atoms with Crippen molar-refractivity contribution in [1.29, 1.82) is 0 Å². The Balaban J connectivity index is 1.80. The molecule has 0 saturated heterocycles. The summed E-state index contributed by atoms with van der Waals surface area (Å²) in [6.07, 6.45) is 0. The van der Waals surface area contributed by atoms with E-state index in [1.54, 1.807) is 0 Å². The molecule has 6 heteroatoms. The number of amidine groups is 1. The topological polar surface area (TPSA) is 27.6 Å². The normalized spacial score (nSPS) is 13.9. The quantitative estimate of drug-likeness (QED) is 0.779. The maximum absolute atomic E-state index is 6.08. The lowest BCUT2D eigenvalue weighted by atomic mass is 10.2. The predicted molar refractivity (Wildman–Crippen MR) is 102 cm³/mol. The van der Waals surface area contributed by atoms with E-state index < -0.39 is 0 Å². The van der Waals surface area contributed by atoms with Gasteiger partial charge in [-0.25, -0.2) is 0 Å². The van der Waals surface area contributed by atoms with Crippen molar-refractivity contribution in [2.24, 2.45) is 4.99 Å². The molecule has 2 aromatic carbocycles. The molecule has 3 nitrogen and oxygen atoms in total. The molecule has 1 aliphatic rings. The van der Waals surface area contributed by atoms with Crippen LogP contribution in [0.2, 0.25) is 10.0 Å². The smallest absolute Gasteiger partial charge is 0.179 e. The summed E-state index contributed by atoms with van der Waals surface area (Å²) in [5.74, 6) is 0.844. The minimum atomic E-state index is 0.617. The Labute approximate surface area is 150 Å². The molecule has 1 aliphatic heterocycles. The molecule has 0 unspecified atom stereocenters. The Bertz CT molecular complexity index is 789. The van der Waals surface area contributed by atoms with Gasteiger partial charge in [0.15, 0.2) is 5.11 Å². The van der Waals surface area contributed by atoms with E-state index in [2.05, 4.69) is 10.3 Å². The minimum absolute atomic E-state index is 0.617. The Morgan fingerprint density at radius 2 is 1.96 bits per heavy atom. The molecular weight excluding hydrogens is 349 g/mol. The van der Waals surface area contributed by atoms with Crippen molar-refractivity contribution < 1.29 is 0 Å². The van der Waals surface area contributed by atoms with Gasteiger partial charge in [0, 0.05) is 27.8 Å². The number of rotatable bonds is 2. The lowest BCUT2D eigenvalue weighted by molar-refractivity contribution is 0.676. The summed E-state index contributed by atoms with van der Waals surface area (Å²) in [5.41, 5.74) is 2.95. The van der Waals surface area contributed by atoms with Crippen molar-refractivity contribution in [3.8, 4) is 0 Å². The first-order valence-corrected chi connectivity index (χ1v) is 8.36. The highest BCUT2D eigenvalue weighted by Crippen LogP contribution is 2.21. The van der Waals surface area contributed by atoms with Crippen LogP contribution in [0, 0.1) is 6.92 Å². The number of halogens is 2. The molecule has 0 fully saturated rings. The summed E-state index contributed by atoms with van der Waals surface area (Å²) in [7, 11) is 0. The van der Waals surface area contributed by atoms with E-state index in [9.17, 15) is 0 Å². The van der Waals surface area contributed by atoms with Crippen LogP contribution < -0.4 is 5.32 Å². The second-order valence-electron chi connectivity index (χ2n) is 5.26. The fourth-order valence-electron chi connectivity index (χ4n) is 2.47. The zero-order chi connectivity index (χ0) is 16.4. The van der Waals surface area contributed by atoms with Gasteiger partial charge < -0.3 is 10.2 Å². The highest BCUT2D eigenvalue weighted by atomic mass is 35.5. The van der Waals surface area contributed by atoms with Crippen LogP contribution >= 0.6 is 35.4 Å². The summed E-state index contributed by atoms with van der Waals surface area (Å²) in [4.78, 5) is 6.56. The Morgan fingerprint density at radius 1 is 1.17 bits per heavy atom. The second kappa shape index (κ2) is 6.87. The first-order chi connectivity index (χ1) is 11.0. The van der Waals surface area contributed by atoms with Crippen molar-refractivity contribution in [1.82, 2.24) is 4.90 Å². The van der Waals surface area contributed by atoms with E-state index in [1.165, 1.54) is 0 Å². The van der Waals surface area contributed by atoms with E-state index in [-0.39, 0.29) is 0 Å². The number of nitrogens with one attached hydrogen (secondary N) is 1. The summed E-state index contributed by atoms with van der Waals surface area (Å²) in [5, 5.41) is 5.29. The number of anilines is 1. The number of nitrogens with zero attached hydrogens (tertiary/aromatic N) is 2. The van der Waals surface area contributed by atoms with E-state index in [4.69, 9.17) is 35.4 Å². The largest absolute Gasteiger partial charge is 0.332 e. The molecule has 0 atom stereocenters. The maximum Gasteiger partial charge on any atom is 0.179 e. The molecule has 0 radical (unpaired) electrons. The number of hydrogen-bond acceptors (Lipinski definition) is 2.